The maximum atomic E-state index is 12.5. The van der Waals surface area contributed by atoms with Crippen LogP contribution in [0.15, 0.2) is 48.7 Å². The van der Waals surface area contributed by atoms with Crippen LogP contribution in [0.25, 0.3) is 10.9 Å². The van der Waals surface area contributed by atoms with E-state index < -0.39 is 0 Å². The van der Waals surface area contributed by atoms with Gasteiger partial charge >= 0.3 is 0 Å². The summed E-state index contributed by atoms with van der Waals surface area (Å²) in [6.45, 7) is 3.79. The number of hydrogen-bond donors (Lipinski definition) is 0. The molecule has 0 N–H and O–H groups in total. The number of hydrogen-bond acceptors (Lipinski definition) is 3. The van der Waals surface area contributed by atoms with Gasteiger partial charge in [-0.25, -0.2) is 0 Å². The van der Waals surface area contributed by atoms with Crippen LogP contribution in [0.2, 0.25) is 0 Å². The lowest BCUT2D eigenvalue weighted by atomic mass is 10.0. The van der Waals surface area contributed by atoms with Crippen molar-refractivity contribution >= 4 is 16.7 Å². The summed E-state index contributed by atoms with van der Waals surface area (Å²) in [5.41, 5.74) is 3.87. The zero-order chi connectivity index (χ0) is 14.1. The predicted molar refractivity (Wildman–Crippen MR) is 78.9 cm³/mol. The summed E-state index contributed by atoms with van der Waals surface area (Å²) >= 11 is 0. The number of aromatic nitrogens is 2. The first-order valence-corrected chi connectivity index (χ1v) is 6.48. The van der Waals surface area contributed by atoms with E-state index in [0.29, 0.717) is 11.1 Å². The normalized spacial score (nSPS) is 10.7. The summed E-state index contributed by atoms with van der Waals surface area (Å²) in [6.07, 6.45) is 1.73. The minimum Gasteiger partial charge on any atom is -0.289 e. The lowest BCUT2D eigenvalue weighted by Crippen LogP contribution is -2.03. The zero-order valence-electron chi connectivity index (χ0n) is 11.4. The van der Waals surface area contributed by atoms with Gasteiger partial charge in [0.15, 0.2) is 5.78 Å². The molecule has 0 bridgehead atoms. The number of fused-ring (bicyclic) bond motifs is 1. The van der Waals surface area contributed by atoms with E-state index in [-0.39, 0.29) is 5.78 Å². The fraction of sp³-hybridized carbons (Fsp3) is 0.118. The SMILES string of the molecule is Cc1cc(C(=O)c2ccc3cccnc3c2)cc(C)n1. The summed E-state index contributed by atoms with van der Waals surface area (Å²) in [7, 11) is 0. The summed E-state index contributed by atoms with van der Waals surface area (Å²) in [6, 6.07) is 13.1. The van der Waals surface area contributed by atoms with E-state index in [2.05, 4.69) is 9.97 Å². The van der Waals surface area contributed by atoms with Crippen molar-refractivity contribution in [1.29, 1.82) is 0 Å². The molecule has 0 aliphatic carbocycles. The topological polar surface area (TPSA) is 42.9 Å². The van der Waals surface area contributed by atoms with Crippen LogP contribution in [-0.2, 0) is 0 Å². The van der Waals surface area contributed by atoms with Crippen LogP contribution in [0.1, 0.15) is 27.3 Å². The van der Waals surface area contributed by atoms with Gasteiger partial charge in [-0.2, -0.15) is 0 Å². The molecule has 3 aromatic rings. The Bertz CT molecular complexity index is 789. The quantitative estimate of drug-likeness (QED) is 0.664. The number of rotatable bonds is 2. The number of nitrogens with zero attached hydrogens (tertiary/aromatic N) is 2. The molecule has 0 spiro atoms. The van der Waals surface area contributed by atoms with Gasteiger partial charge in [-0.3, -0.25) is 14.8 Å². The van der Waals surface area contributed by atoms with Crippen molar-refractivity contribution in [1.82, 2.24) is 9.97 Å². The van der Waals surface area contributed by atoms with Crippen LogP contribution in [-0.4, -0.2) is 15.8 Å². The number of carbonyl (C=O) groups excluding carboxylic acids is 1. The molecule has 20 heavy (non-hydrogen) atoms. The van der Waals surface area contributed by atoms with Gasteiger partial charge in [0, 0.05) is 34.1 Å². The Morgan fingerprint density at radius 3 is 2.45 bits per heavy atom. The third-order valence-electron chi connectivity index (χ3n) is 3.21. The Kier molecular flexibility index (Phi) is 3.03. The molecule has 3 nitrogen and oxygen atoms in total. The monoisotopic (exact) mass is 262 g/mol. The van der Waals surface area contributed by atoms with E-state index in [4.69, 9.17) is 0 Å². The fourth-order valence-corrected chi connectivity index (χ4v) is 2.34. The Hall–Kier alpha value is -2.55. The van der Waals surface area contributed by atoms with E-state index in [1.807, 2.05) is 56.3 Å². The molecule has 0 aliphatic heterocycles. The van der Waals surface area contributed by atoms with E-state index in [0.717, 1.165) is 22.3 Å². The van der Waals surface area contributed by atoms with Crippen LogP contribution < -0.4 is 0 Å². The average molecular weight is 262 g/mol. The number of benzene rings is 1. The van der Waals surface area contributed by atoms with Crippen molar-refractivity contribution in [2.45, 2.75) is 13.8 Å². The molecule has 0 atom stereocenters. The van der Waals surface area contributed by atoms with E-state index in [1.165, 1.54) is 0 Å². The molecule has 0 radical (unpaired) electrons. The number of aryl methyl sites for hydroxylation is 2. The fourth-order valence-electron chi connectivity index (χ4n) is 2.34. The molecule has 2 aromatic heterocycles. The van der Waals surface area contributed by atoms with Gasteiger partial charge < -0.3 is 0 Å². The maximum Gasteiger partial charge on any atom is 0.193 e. The average Bonchev–Trinajstić information content (AvgIpc) is 2.45. The minimum absolute atomic E-state index is 0.00570. The zero-order valence-corrected chi connectivity index (χ0v) is 11.4. The summed E-state index contributed by atoms with van der Waals surface area (Å²) < 4.78 is 0. The first-order chi connectivity index (χ1) is 9.63. The van der Waals surface area contributed by atoms with E-state index in [1.54, 1.807) is 6.20 Å². The van der Waals surface area contributed by atoms with Crippen molar-refractivity contribution < 1.29 is 4.79 Å². The van der Waals surface area contributed by atoms with Crippen molar-refractivity contribution in [3.05, 3.63) is 71.2 Å². The molecule has 0 unspecified atom stereocenters. The summed E-state index contributed by atoms with van der Waals surface area (Å²) in [5, 5.41) is 1.03. The first-order valence-electron chi connectivity index (χ1n) is 6.48. The summed E-state index contributed by atoms with van der Waals surface area (Å²) in [4.78, 5) is 21.1. The van der Waals surface area contributed by atoms with E-state index in [9.17, 15) is 4.79 Å². The highest BCUT2D eigenvalue weighted by Gasteiger charge is 2.11. The largest absolute Gasteiger partial charge is 0.289 e. The third-order valence-corrected chi connectivity index (χ3v) is 3.21. The second-order valence-corrected chi connectivity index (χ2v) is 4.88. The standard InChI is InChI=1S/C17H14N2O/c1-11-8-15(9-12(2)19-11)17(20)14-6-5-13-4-3-7-18-16(13)10-14/h3-10H,1-2H3. The van der Waals surface area contributed by atoms with E-state index >= 15 is 0 Å². The predicted octanol–water partition coefficient (Wildman–Crippen LogP) is 3.48. The molecule has 98 valence electrons. The minimum atomic E-state index is 0.00570. The Morgan fingerprint density at radius 1 is 0.950 bits per heavy atom. The van der Waals surface area contributed by atoms with Gasteiger partial charge in [0.25, 0.3) is 0 Å². The number of carbonyl (C=O) groups is 1. The van der Waals surface area contributed by atoms with Gasteiger partial charge in [-0.1, -0.05) is 18.2 Å². The van der Waals surface area contributed by atoms with Crippen LogP contribution in [0.5, 0.6) is 0 Å². The van der Waals surface area contributed by atoms with Gasteiger partial charge in [0.1, 0.15) is 0 Å². The number of ketones is 1. The first kappa shape index (κ1) is 12.5. The lowest BCUT2D eigenvalue weighted by molar-refractivity contribution is 0.103. The second-order valence-electron chi connectivity index (χ2n) is 4.88. The van der Waals surface area contributed by atoms with Crippen LogP contribution in [0.3, 0.4) is 0 Å². The molecule has 1 aromatic carbocycles. The Morgan fingerprint density at radius 2 is 1.70 bits per heavy atom. The highest BCUT2D eigenvalue weighted by molar-refractivity contribution is 6.10. The Labute approximate surface area is 117 Å². The molecule has 0 fully saturated rings. The van der Waals surface area contributed by atoms with Crippen molar-refractivity contribution in [3.63, 3.8) is 0 Å². The molecule has 0 amide bonds. The van der Waals surface area contributed by atoms with Crippen LogP contribution >= 0.6 is 0 Å². The molecule has 0 aliphatic rings. The molecular formula is C17H14N2O. The van der Waals surface area contributed by atoms with Crippen molar-refractivity contribution in [2.24, 2.45) is 0 Å². The third kappa shape index (κ3) is 2.30. The number of pyridine rings is 2. The van der Waals surface area contributed by atoms with Gasteiger partial charge in [0.2, 0.25) is 0 Å². The molecule has 0 saturated carbocycles. The van der Waals surface area contributed by atoms with Crippen LogP contribution in [0, 0.1) is 13.8 Å². The molecule has 3 heteroatoms. The highest BCUT2D eigenvalue weighted by atomic mass is 16.1. The highest BCUT2D eigenvalue weighted by Crippen LogP contribution is 2.17. The lowest BCUT2D eigenvalue weighted by Gasteiger charge is -2.05. The second kappa shape index (κ2) is 4.85. The molecule has 0 saturated heterocycles. The van der Waals surface area contributed by atoms with Gasteiger partial charge in [0.05, 0.1) is 5.52 Å². The maximum absolute atomic E-state index is 12.5. The van der Waals surface area contributed by atoms with Gasteiger partial charge in [-0.15, -0.1) is 0 Å². The molecule has 3 rings (SSSR count). The summed E-state index contributed by atoms with van der Waals surface area (Å²) in [5.74, 6) is 0.00570. The molecule has 2 heterocycles. The van der Waals surface area contributed by atoms with Crippen LogP contribution in [0.4, 0.5) is 0 Å². The Balaban J connectivity index is 2.07. The smallest absolute Gasteiger partial charge is 0.193 e. The van der Waals surface area contributed by atoms with Gasteiger partial charge in [-0.05, 0) is 38.1 Å². The van der Waals surface area contributed by atoms with Crippen molar-refractivity contribution in [3.8, 4) is 0 Å². The van der Waals surface area contributed by atoms with Crippen molar-refractivity contribution in [2.75, 3.05) is 0 Å². The molecular weight excluding hydrogens is 248 g/mol.